The molecule has 0 radical (unpaired) electrons. The highest BCUT2D eigenvalue weighted by atomic mass is 79.9. The molecule has 5 nitrogen and oxygen atoms in total. The second-order valence-corrected chi connectivity index (χ2v) is 10.4. The summed E-state index contributed by atoms with van der Waals surface area (Å²) in [6, 6.07) is 10.6. The van der Waals surface area contributed by atoms with Gasteiger partial charge >= 0.3 is 0 Å². The first-order valence-electron chi connectivity index (χ1n) is 8.60. The van der Waals surface area contributed by atoms with Crippen LogP contribution in [0.25, 0.3) is 0 Å². The molecule has 1 aromatic heterocycles. The Labute approximate surface area is 166 Å². The zero-order valence-electron chi connectivity index (χ0n) is 14.3. The molecule has 1 fully saturated rings. The summed E-state index contributed by atoms with van der Waals surface area (Å²) in [7, 11) is -3.43. The number of hydrogen-bond donors (Lipinski definition) is 1. The lowest BCUT2D eigenvalue weighted by Crippen LogP contribution is -2.31. The van der Waals surface area contributed by atoms with Crippen molar-refractivity contribution >= 4 is 43.2 Å². The molecular formula is C18H21BrN2O3S2. The smallest absolute Gasteiger partial charge is 0.252 e. The van der Waals surface area contributed by atoms with Crippen LogP contribution >= 0.6 is 27.3 Å². The van der Waals surface area contributed by atoms with E-state index in [0.717, 1.165) is 35.0 Å². The van der Waals surface area contributed by atoms with E-state index in [-0.39, 0.29) is 5.91 Å². The van der Waals surface area contributed by atoms with Crippen molar-refractivity contribution in [3.05, 3.63) is 51.3 Å². The van der Waals surface area contributed by atoms with Gasteiger partial charge in [-0.15, -0.1) is 11.3 Å². The van der Waals surface area contributed by atoms with Crippen molar-refractivity contribution in [2.75, 3.05) is 13.1 Å². The normalized spacial score (nSPS) is 16.2. The Morgan fingerprint density at radius 3 is 2.46 bits per heavy atom. The van der Waals surface area contributed by atoms with Crippen LogP contribution in [0, 0.1) is 0 Å². The largest absolute Gasteiger partial charge is 0.347 e. The fourth-order valence-electron chi connectivity index (χ4n) is 2.91. The van der Waals surface area contributed by atoms with Gasteiger partial charge in [-0.25, -0.2) is 8.42 Å². The van der Waals surface area contributed by atoms with E-state index in [0.29, 0.717) is 29.4 Å². The molecule has 2 aromatic rings. The number of carbonyl (C=O) groups excluding carboxylic acids is 1. The summed E-state index contributed by atoms with van der Waals surface area (Å²) in [4.78, 5) is 13.1. The molecule has 0 unspecified atom stereocenters. The maximum absolute atomic E-state index is 12.8. The lowest BCUT2D eigenvalue weighted by atomic mass is 10.2. The molecule has 0 spiro atoms. The molecule has 0 aliphatic carbocycles. The van der Waals surface area contributed by atoms with Gasteiger partial charge in [0, 0.05) is 22.4 Å². The average Bonchev–Trinajstić information content (AvgIpc) is 2.94. The van der Waals surface area contributed by atoms with Gasteiger partial charge in [0.05, 0.1) is 12.1 Å². The highest BCUT2D eigenvalue weighted by molar-refractivity contribution is 9.10. The highest BCUT2D eigenvalue weighted by Gasteiger charge is 2.26. The summed E-state index contributed by atoms with van der Waals surface area (Å²) < 4.78 is 28.3. The van der Waals surface area contributed by atoms with Crippen LogP contribution in [0.3, 0.4) is 0 Å². The van der Waals surface area contributed by atoms with E-state index in [1.807, 2.05) is 12.1 Å². The monoisotopic (exact) mass is 456 g/mol. The second kappa shape index (κ2) is 8.65. The number of halogens is 1. The molecule has 0 bridgehead atoms. The van der Waals surface area contributed by atoms with E-state index in [9.17, 15) is 13.2 Å². The quantitative estimate of drug-likeness (QED) is 0.738. The van der Waals surface area contributed by atoms with Gasteiger partial charge in [-0.1, -0.05) is 25.0 Å². The number of thiophene rings is 1. The number of nitrogens with one attached hydrogen (secondary N) is 1. The number of carbonyl (C=O) groups is 1. The Balaban J connectivity index is 1.66. The van der Waals surface area contributed by atoms with Gasteiger partial charge in [-0.2, -0.15) is 4.31 Å². The standard InChI is InChI=1S/C18H21BrN2O3S2/c19-16-8-4-3-7-15(16)18(22)20-13-14-9-10-17(25-14)26(23,24)21-11-5-1-2-6-12-21/h3-4,7-10H,1-2,5-6,11-13H2,(H,20,22). The van der Waals surface area contributed by atoms with Crippen LogP contribution in [0.4, 0.5) is 0 Å². The lowest BCUT2D eigenvalue weighted by molar-refractivity contribution is 0.0950. The second-order valence-electron chi connectivity index (χ2n) is 6.20. The molecule has 1 aliphatic heterocycles. The molecule has 1 N–H and O–H groups in total. The zero-order chi connectivity index (χ0) is 18.6. The number of hydrogen-bond acceptors (Lipinski definition) is 4. The summed E-state index contributed by atoms with van der Waals surface area (Å²) in [6.45, 7) is 1.49. The highest BCUT2D eigenvalue weighted by Crippen LogP contribution is 2.27. The van der Waals surface area contributed by atoms with Crippen molar-refractivity contribution in [1.82, 2.24) is 9.62 Å². The summed E-state index contributed by atoms with van der Waals surface area (Å²) in [6.07, 6.45) is 4.00. The summed E-state index contributed by atoms with van der Waals surface area (Å²) >= 11 is 4.59. The van der Waals surface area contributed by atoms with E-state index in [1.165, 1.54) is 11.3 Å². The van der Waals surface area contributed by atoms with E-state index in [1.54, 1.807) is 28.6 Å². The topological polar surface area (TPSA) is 66.5 Å². The fraction of sp³-hybridized carbons (Fsp3) is 0.389. The lowest BCUT2D eigenvalue weighted by Gasteiger charge is -2.18. The van der Waals surface area contributed by atoms with E-state index in [2.05, 4.69) is 21.2 Å². The predicted octanol–water partition coefficient (Wildman–Crippen LogP) is 4.01. The molecular weight excluding hydrogens is 436 g/mol. The van der Waals surface area contributed by atoms with Crippen LogP contribution in [0.5, 0.6) is 0 Å². The molecule has 1 amide bonds. The maximum Gasteiger partial charge on any atom is 0.252 e. The van der Waals surface area contributed by atoms with E-state index < -0.39 is 10.0 Å². The van der Waals surface area contributed by atoms with Crippen LogP contribution in [0.2, 0.25) is 0 Å². The summed E-state index contributed by atoms with van der Waals surface area (Å²) in [5, 5.41) is 2.84. The molecule has 3 rings (SSSR count). The molecule has 0 saturated carbocycles. The molecule has 2 heterocycles. The number of sulfonamides is 1. The SMILES string of the molecule is O=C(NCc1ccc(S(=O)(=O)N2CCCCCC2)s1)c1ccccc1Br. The molecule has 26 heavy (non-hydrogen) atoms. The van der Waals surface area contributed by atoms with Gasteiger partial charge in [0.2, 0.25) is 0 Å². The number of nitrogens with zero attached hydrogens (tertiary/aromatic N) is 1. The Morgan fingerprint density at radius 2 is 1.77 bits per heavy atom. The summed E-state index contributed by atoms with van der Waals surface area (Å²) in [5.74, 6) is -0.192. The zero-order valence-corrected chi connectivity index (χ0v) is 17.5. The number of rotatable bonds is 5. The van der Waals surface area contributed by atoms with Crippen molar-refractivity contribution < 1.29 is 13.2 Å². The van der Waals surface area contributed by atoms with Gasteiger partial charge in [0.1, 0.15) is 4.21 Å². The van der Waals surface area contributed by atoms with Crippen LogP contribution in [-0.4, -0.2) is 31.7 Å². The molecule has 140 valence electrons. The van der Waals surface area contributed by atoms with E-state index >= 15 is 0 Å². The van der Waals surface area contributed by atoms with Crippen molar-refractivity contribution in [3.63, 3.8) is 0 Å². The average molecular weight is 457 g/mol. The first-order chi connectivity index (χ1) is 12.5. The maximum atomic E-state index is 12.8. The first-order valence-corrected chi connectivity index (χ1v) is 11.6. The van der Waals surface area contributed by atoms with Crippen LogP contribution < -0.4 is 5.32 Å². The third-order valence-electron chi connectivity index (χ3n) is 4.34. The Hall–Kier alpha value is -1.22. The number of benzene rings is 1. The molecule has 8 heteroatoms. The Bertz CT molecular complexity index is 872. The Kier molecular flexibility index (Phi) is 6.50. The van der Waals surface area contributed by atoms with Gasteiger partial charge in [0.25, 0.3) is 15.9 Å². The van der Waals surface area contributed by atoms with Crippen LogP contribution in [0.15, 0.2) is 45.1 Å². The van der Waals surface area contributed by atoms with Gasteiger partial charge in [0.15, 0.2) is 0 Å². The van der Waals surface area contributed by atoms with Crippen LogP contribution in [-0.2, 0) is 16.6 Å². The van der Waals surface area contributed by atoms with E-state index in [4.69, 9.17) is 0 Å². The third kappa shape index (κ3) is 4.54. The third-order valence-corrected chi connectivity index (χ3v) is 8.48. The molecule has 1 aliphatic rings. The van der Waals surface area contributed by atoms with Gasteiger partial charge in [-0.3, -0.25) is 4.79 Å². The van der Waals surface area contributed by atoms with Gasteiger partial charge in [-0.05, 0) is 53.0 Å². The fourth-order valence-corrected chi connectivity index (χ4v) is 6.34. The molecule has 1 aromatic carbocycles. The van der Waals surface area contributed by atoms with Crippen molar-refractivity contribution in [2.45, 2.75) is 36.4 Å². The van der Waals surface area contributed by atoms with Gasteiger partial charge < -0.3 is 5.32 Å². The Morgan fingerprint density at radius 1 is 1.08 bits per heavy atom. The molecule has 1 saturated heterocycles. The van der Waals surface area contributed by atoms with Crippen LogP contribution in [0.1, 0.15) is 40.9 Å². The van der Waals surface area contributed by atoms with Crippen molar-refractivity contribution in [1.29, 1.82) is 0 Å². The number of amides is 1. The summed E-state index contributed by atoms with van der Waals surface area (Å²) in [5.41, 5.74) is 0.557. The van der Waals surface area contributed by atoms with Crippen molar-refractivity contribution in [2.24, 2.45) is 0 Å². The minimum Gasteiger partial charge on any atom is -0.347 e. The molecule has 0 atom stereocenters. The first kappa shape index (κ1) is 19.5. The predicted molar refractivity (Wildman–Crippen MR) is 107 cm³/mol. The minimum atomic E-state index is -3.43. The van der Waals surface area contributed by atoms with Crippen molar-refractivity contribution in [3.8, 4) is 0 Å². The minimum absolute atomic E-state index is 0.192.